The maximum absolute atomic E-state index is 14.0. The highest BCUT2D eigenvalue weighted by atomic mass is 19.1. The molecule has 0 heterocycles. The molecule has 0 atom stereocenters. The molecule has 0 aliphatic heterocycles. The molecule has 0 amide bonds. The van der Waals surface area contributed by atoms with Gasteiger partial charge in [0.05, 0.1) is 0 Å². The summed E-state index contributed by atoms with van der Waals surface area (Å²) in [7, 11) is 0. The summed E-state index contributed by atoms with van der Waals surface area (Å²) < 4.78 is 14.0. The number of carboxylic acid groups (broad SMARTS) is 1. The van der Waals surface area contributed by atoms with Crippen LogP contribution in [0, 0.1) is 5.41 Å². The van der Waals surface area contributed by atoms with E-state index in [0.717, 1.165) is 30.4 Å². The summed E-state index contributed by atoms with van der Waals surface area (Å²) in [6, 6.07) is 0. The smallest absolute Gasteiger partial charge is 0.365 e. The summed E-state index contributed by atoms with van der Waals surface area (Å²) in [5.41, 5.74) is 3.27. The van der Waals surface area contributed by atoms with Crippen LogP contribution < -0.4 is 0 Å². The number of carbonyl (C=O) groups is 2. The first-order chi connectivity index (χ1) is 10.7. The molecule has 0 spiro atoms. The van der Waals surface area contributed by atoms with Crippen molar-refractivity contribution in [3.63, 3.8) is 0 Å². The second-order valence-electron chi connectivity index (χ2n) is 6.69. The number of hydrogen-bond acceptors (Lipinski definition) is 2. The summed E-state index contributed by atoms with van der Waals surface area (Å²) >= 11 is 0. The van der Waals surface area contributed by atoms with Gasteiger partial charge in [-0.1, -0.05) is 33.3 Å². The normalized spacial score (nSPS) is 21.3. The lowest BCUT2D eigenvalue weighted by Gasteiger charge is -2.37. The zero-order chi connectivity index (χ0) is 17.4. The van der Waals surface area contributed by atoms with Crippen molar-refractivity contribution in [2.75, 3.05) is 0 Å². The Morgan fingerprint density at radius 3 is 2.48 bits per heavy atom. The van der Waals surface area contributed by atoms with Gasteiger partial charge in [-0.15, -0.1) is 0 Å². The molecule has 0 saturated carbocycles. The average Bonchev–Trinajstić information content (AvgIpc) is 2.49. The Bertz CT molecular complexity index is 687. The Kier molecular flexibility index (Phi) is 4.73. The highest BCUT2D eigenvalue weighted by molar-refractivity contribution is 6.11. The minimum Gasteiger partial charge on any atom is -0.476 e. The van der Waals surface area contributed by atoms with Crippen LogP contribution in [-0.4, -0.2) is 16.9 Å². The van der Waals surface area contributed by atoms with Gasteiger partial charge in [0.15, 0.2) is 5.78 Å². The SMILES string of the molecule is CCC1=C2C=C(C(CC)=C(F)C(=O)O)C(=O)C=C2C(C)(C)CC1. The number of halogens is 1. The predicted octanol–water partition coefficient (Wildman–Crippen LogP) is 4.67. The van der Waals surface area contributed by atoms with Crippen LogP contribution in [0.2, 0.25) is 0 Å². The largest absolute Gasteiger partial charge is 0.476 e. The second kappa shape index (κ2) is 6.26. The van der Waals surface area contributed by atoms with E-state index < -0.39 is 11.8 Å². The van der Waals surface area contributed by atoms with Crippen molar-refractivity contribution < 1.29 is 19.1 Å². The Hall–Kier alpha value is -1.97. The maximum Gasteiger partial charge on any atom is 0.365 e. The number of allylic oxidation sites excluding steroid dienone is 7. The lowest BCUT2D eigenvalue weighted by Crippen LogP contribution is -2.26. The predicted molar refractivity (Wildman–Crippen MR) is 87.6 cm³/mol. The fourth-order valence-electron chi connectivity index (χ4n) is 3.36. The lowest BCUT2D eigenvalue weighted by atomic mass is 9.67. The van der Waals surface area contributed by atoms with Gasteiger partial charge in [0, 0.05) is 11.1 Å². The van der Waals surface area contributed by atoms with Gasteiger partial charge in [-0.2, -0.15) is 4.39 Å². The van der Waals surface area contributed by atoms with E-state index in [9.17, 15) is 14.0 Å². The monoisotopic (exact) mass is 318 g/mol. The summed E-state index contributed by atoms with van der Waals surface area (Å²) in [5.74, 6) is -3.17. The molecular formula is C19H23FO3. The Labute approximate surface area is 136 Å². The third-order valence-electron chi connectivity index (χ3n) is 4.84. The van der Waals surface area contributed by atoms with Crippen LogP contribution in [-0.2, 0) is 9.59 Å². The van der Waals surface area contributed by atoms with E-state index in [1.807, 2.05) is 0 Å². The highest BCUT2D eigenvalue weighted by Gasteiger charge is 2.35. The van der Waals surface area contributed by atoms with Crippen molar-refractivity contribution in [2.45, 2.75) is 53.4 Å². The van der Waals surface area contributed by atoms with Gasteiger partial charge < -0.3 is 5.11 Å². The number of hydrogen-bond donors (Lipinski definition) is 1. The molecule has 3 nitrogen and oxygen atoms in total. The Balaban J connectivity index is 2.65. The molecule has 0 aromatic carbocycles. The van der Waals surface area contributed by atoms with Gasteiger partial charge in [-0.25, -0.2) is 4.79 Å². The molecule has 1 N–H and O–H groups in total. The fourth-order valence-corrected chi connectivity index (χ4v) is 3.36. The Morgan fingerprint density at radius 2 is 1.96 bits per heavy atom. The van der Waals surface area contributed by atoms with E-state index in [2.05, 4.69) is 20.8 Å². The first-order valence-corrected chi connectivity index (χ1v) is 8.05. The molecule has 0 radical (unpaired) electrons. The number of aliphatic carboxylic acids is 1. The number of ketones is 1. The van der Waals surface area contributed by atoms with E-state index in [1.165, 1.54) is 5.57 Å². The molecule has 0 unspecified atom stereocenters. The number of carbonyl (C=O) groups excluding carboxylic acids is 1. The van der Waals surface area contributed by atoms with Gasteiger partial charge in [0.25, 0.3) is 0 Å². The van der Waals surface area contributed by atoms with Crippen molar-refractivity contribution >= 4 is 11.8 Å². The van der Waals surface area contributed by atoms with Crippen LogP contribution in [0.1, 0.15) is 53.4 Å². The molecule has 0 aromatic rings. The van der Waals surface area contributed by atoms with E-state index in [0.29, 0.717) is 0 Å². The van der Waals surface area contributed by atoms with E-state index in [1.54, 1.807) is 19.1 Å². The van der Waals surface area contributed by atoms with Gasteiger partial charge in [-0.3, -0.25) is 4.79 Å². The van der Waals surface area contributed by atoms with Crippen LogP contribution in [0.25, 0.3) is 0 Å². The molecule has 2 rings (SSSR count). The zero-order valence-corrected chi connectivity index (χ0v) is 14.1. The quantitative estimate of drug-likeness (QED) is 0.767. The molecule has 0 fully saturated rings. The summed E-state index contributed by atoms with van der Waals surface area (Å²) in [6.07, 6.45) is 6.23. The van der Waals surface area contributed by atoms with Crippen molar-refractivity contribution in [3.8, 4) is 0 Å². The van der Waals surface area contributed by atoms with Crippen LogP contribution >= 0.6 is 0 Å². The van der Waals surface area contributed by atoms with Crippen LogP contribution in [0.5, 0.6) is 0 Å². The van der Waals surface area contributed by atoms with E-state index >= 15 is 0 Å². The highest BCUT2D eigenvalue weighted by Crippen LogP contribution is 2.47. The first kappa shape index (κ1) is 17.4. The fraction of sp³-hybridized carbons (Fsp3) is 0.474. The van der Waals surface area contributed by atoms with Crippen molar-refractivity contribution in [1.29, 1.82) is 0 Å². The van der Waals surface area contributed by atoms with Gasteiger partial charge >= 0.3 is 5.97 Å². The lowest BCUT2D eigenvalue weighted by molar-refractivity contribution is -0.134. The molecular weight excluding hydrogens is 295 g/mol. The van der Waals surface area contributed by atoms with Crippen molar-refractivity contribution in [2.24, 2.45) is 5.41 Å². The van der Waals surface area contributed by atoms with Gasteiger partial charge in [0.2, 0.25) is 5.83 Å². The standard InChI is InChI=1S/C19H23FO3/c1-5-11-7-8-19(3,4)15-10-16(21)14(9-13(11)15)12(6-2)17(20)18(22)23/h9-10H,5-8H2,1-4H3,(H,22,23). The molecule has 23 heavy (non-hydrogen) atoms. The number of rotatable bonds is 4. The van der Waals surface area contributed by atoms with Crippen LogP contribution in [0.3, 0.4) is 0 Å². The molecule has 2 aliphatic carbocycles. The summed E-state index contributed by atoms with van der Waals surface area (Å²) in [5, 5.41) is 8.92. The van der Waals surface area contributed by atoms with Crippen LogP contribution in [0.4, 0.5) is 4.39 Å². The summed E-state index contributed by atoms with van der Waals surface area (Å²) in [4.78, 5) is 23.5. The molecule has 4 heteroatoms. The molecule has 0 bridgehead atoms. The topological polar surface area (TPSA) is 54.4 Å². The van der Waals surface area contributed by atoms with E-state index in [-0.39, 0.29) is 28.8 Å². The second-order valence-corrected chi connectivity index (χ2v) is 6.69. The minimum atomic E-state index is -1.63. The minimum absolute atomic E-state index is 0.0240. The maximum atomic E-state index is 14.0. The molecule has 0 saturated heterocycles. The van der Waals surface area contributed by atoms with Gasteiger partial charge in [0.1, 0.15) is 0 Å². The average molecular weight is 318 g/mol. The molecule has 124 valence electrons. The van der Waals surface area contributed by atoms with Crippen LogP contribution in [0.15, 0.2) is 45.8 Å². The molecule has 0 aromatic heterocycles. The van der Waals surface area contributed by atoms with Gasteiger partial charge in [-0.05, 0) is 54.4 Å². The van der Waals surface area contributed by atoms with E-state index in [4.69, 9.17) is 5.11 Å². The Morgan fingerprint density at radius 1 is 1.30 bits per heavy atom. The van der Waals surface area contributed by atoms with Crippen molar-refractivity contribution in [1.82, 2.24) is 0 Å². The third kappa shape index (κ3) is 3.07. The summed E-state index contributed by atoms with van der Waals surface area (Å²) in [6.45, 7) is 7.93. The first-order valence-electron chi connectivity index (χ1n) is 8.05. The third-order valence-corrected chi connectivity index (χ3v) is 4.84. The molecule has 2 aliphatic rings. The number of fused-ring (bicyclic) bond motifs is 1. The van der Waals surface area contributed by atoms with Crippen molar-refractivity contribution in [3.05, 3.63) is 45.8 Å². The number of carboxylic acids is 1. The zero-order valence-electron chi connectivity index (χ0n) is 14.1.